The average Bonchev–Trinajstić information content (AvgIpc) is 3.12. The maximum atomic E-state index is 14.0. The van der Waals surface area contributed by atoms with Gasteiger partial charge in [0, 0.05) is 0 Å². The minimum Gasteiger partial charge on any atom is -0.399 e. The van der Waals surface area contributed by atoms with Gasteiger partial charge in [-0.05, 0) is 52.6 Å². The molecule has 1 aromatic rings. The highest BCUT2D eigenvalue weighted by molar-refractivity contribution is 6.62. The molecule has 5 nitrogen and oxygen atoms in total. The Morgan fingerprint density at radius 3 is 2.07 bits per heavy atom. The van der Waals surface area contributed by atoms with Crippen LogP contribution in [0.2, 0.25) is 0 Å². The molecule has 3 rings (SSSR count). The molecule has 1 aromatic carbocycles. The number of rotatable bonds is 4. The summed E-state index contributed by atoms with van der Waals surface area (Å²) in [6.07, 6.45) is -4.69. The third-order valence-corrected chi connectivity index (χ3v) is 5.80. The highest BCUT2D eigenvalue weighted by atomic mass is 19.4. The summed E-state index contributed by atoms with van der Waals surface area (Å²) in [5, 5.41) is 0. The van der Waals surface area contributed by atoms with Crippen LogP contribution in [0.5, 0.6) is 0 Å². The second-order valence-corrected chi connectivity index (χ2v) is 8.34. The molecule has 2 aliphatic heterocycles. The number of benzene rings is 1. The lowest BCUT2D eigenvalue weighted by Crippen LogP contribution is -2.46. The van der Waals surface area contributed by atoms with E-state index in [9.17, 15) is 13.2 Å². The van der Waals surface area contributed by atoms with Gasteiger partial charge in [-0.2, -0.15) is 13.2 Å². The van der Waals surface area contributed by atoms with Crippen LogP contribution in [0, 0.1) is 6.92 Å². The SMILES string of the molecule is Cc1ccc(C(C)(OC2OCCO2)C(F)(F)F)cc1B1OC(C)(C)C(C)(C)O1. The van der Waals surface area contributed by atoms with Gasteiger partial charge in [0.15, 0.2) is 5.60 Å². The number of aryl methyl sites for hydroxylation is 1. The summed E-state index contributed by atoms with van der Waals surface area (Å²) in [5.74, 6) is 0. The van der Waals surface area contributed by atoms with E-state index in [1.807, 2.05) is 27.7 Å². The van der Waals surface area contributed by atoms with Crippen molar-refractivity contribution in [3.63, 3.8) is 0 Å². The number of halogens is 3. The predicted molar refractivity (Wildman–Crippen MR) is 97.1 cm³/mol. The van der Waals surface area contributed by atoms with Crippen molar-refractivity contribution in [2.75, 3.05) is 13.2 Å². The van der Waals surface area contributed by atoms with E-state index in [1.54, 1.807) is 13.0 Å². The van der Waals surface area contributed by atoms with Gasteiger partial charge in [0.2, 0.25) is 0 Å². The first kappa shape index (κ1) is 21.6. The molecule has 2 aliphatic rings. The van der Waals surface area contributed by atoms with Crippen molar-refractivity contribution >= 4 is 12.6 Å². The van der Waals surface area contributed by atoms with E-state index in [-0.39, 0.29) is 18.8 Å². The summed E-state index contributed by atoms with van der Waals surface area (Å²) in [5.41, 5.74) is -2.60. The Bertz CT molecular complexity index is 715. The third kappa shape index (κ3) is 3.70. The summed E-state index contributed by atoms with van der Waals surface area (Å²) in [6.45, 7) is 9.35. The summed E-state index contributed by atoms with van der Waals surface area (Å²) in [6, 6.07) is 4.44. The van der Waals surface area contributed by atoms with Crippen molar-refractivity contribution in [3.8, 4) is 0 Å². The van der Waals surface area contributed by atoms with Crippen molar-refractivity contribution in [1.29, 1.82) is 0 Å². The number of ether oxygens (including phenoxy) is 3. The van der Waals surface area contributed by atoms with E-state index >= 15 is 0 Å². The molecule has 9 heteroatoms. The predicted octanol–water partition coefficient (Wildman–Crippen LogP) is 3.42. The molecule has 1 unspecified atom stereocenters. The topological polar surface area (TPSA) is 46.2 Å². The molecule has 0 aliphatic carbocycles. The van der Waals surface area contributed by atoms with Gasteiger partial charge in [0.05, 0.1) is 24.4 Å². The van der Waals surface area contributed by atoms with Gasteiger partial charge in [0.1, 0.15) is 0 Å². The first-order valence-corrected chi connectivity index (χ1v) is 9.21. The standard InChI is InChI=1S/C19H26BF3O5/c1-12-7-8-13(11-14(12)20-27-16(2,3)17(4,5)28-20)18(6,19(21,22)23)26-15-24-9-10-25-15/h7-8,11,15H,9-10H2,1-6H3. The molecule has 0 bridgehead atoms. The van der Waals surface area contributed by atoms with Gasteiger partial charge >= 0.3 is 13.3 Å². The molecule has 0 N–H and O–H groups in total. The zero-order valence-corrected chi connectivity index (χ0v) is 17.0. The van der Waals surface area contributed by atoms with Crippen molar-refractivity contribution in [2.24, 2.45) is 0 Å². The van der Waals surface area contributed by atoms with Crippen molar-refractivity contribution < 1.29 is 36.7 Å². The van der Waals surface area contributed by atoms with E-state index in [1.165, 1.54) is 12.1 Å². The summed E-state index contributed by atoms with van der Waals surface area (Å²) < 4.78 is 69.4. The Morgan fingerprint density at radius 1 is 1.04 bits per heavy atom. The van der Waals surface area contributed by atoms with Gasteiger partial charge < -0.3 is 23.5 Å². The Morgan fingerprint density at radius 2 is 1.57 bits per heavy atom. The molecule has 2 fully saturated rings. The Hall–Kier alpha value is -1.13. The monoisotopic (exact) mass is 402 g/mol. The third-order valence-electron chi connectivity index (χ3n) is 5.80. The Balaban J connectivity index is 1.98. The minimum atomic E-state index is -4.69. The molecular formula is C19H26BF3O5. The zero-order chi connectivity index (χ0) is 21.0. The van der Waals surface area contributed by atoms with Crippen LogP contribution < -0.4 is 5.46 Å². The van der Waals surface area contributed by atoms with E-state index in [2.05, 4.69) is 0 Å². The molecule has 0 amide bonds. The maximum Gasteiger partial charge on any atom is 0.495 e. The highest BCUT2D eigenvalue weighted by Gasteiger charge is 2.57. The van der Waals surface area contributed by atoms with E-state index in [0.29, 0.717) is 5.46 Å². The van der Waals surface area contributed by atoms with Gasteiger partial charge in [-0.15, -0.1) is 0 Å². The quantitative estimate of drug-likeness (QED) is 0.723. The van der Waals surface area contributed by atoms with Crippen LogP contribution in [0.1, 0.15) is 45.7 Å². The Labute approximate surface area is 163 Å². The maximum absolute atomic E-state index is 14.0. The summed E-state index contributed by atoms with van der Waals surface area (Å²) in [7, 11) is -0.776. The van der Waals surface area contributed by atoms with Crippen LogP contribution in [0.4, 0.5) is 13.2 Å². The van der Waals surface area contributed by atoms with Crippen LogP contribution in [-0.4, -0.2) is 44.2 Å². The van der Waals surface area contributed by atoms with E-state index < -0.39 is 36.6 Å². The van der Waals surface area contributed by atoms with E-state index in [4.69, 9.17) is 23.5 Å². The molecule has 0 spiro atoms. The van der Waals surface area contributed by atoms with E-state index in [0.717, 1.165) is 12.5 Å². The van der Waals surface area contributed by atoms with Crippen molar-refractivity contribution in [1.82, 2.24) is 0 Å². The zero-order valence-electron chi connectivity index (χ0n) is 17.0. The molecule has 156 valence electrons. The van der Waals surface area contributed by atoms with Crippen LogP contribution in [0.25, 0.3) is 0 Å². The smallest absolute Gasteiger partial charge is 0.399 e. The Kier molecular flexibility index (Phi) is 5.38. The fourth-order valence-electron chi connectivity index (χ4n) is 3.06. The molecule has 0 aromatic heterocycles. The fourth-order valence-corrected chi connectivity index (χ4v) is 3.06. The summed E-state index contributed by atoms with van der Waals surface area (Å²) in [4.78, 5) is 0. The molecule has 2 saturated heterocycles. The number of alkyl halides is 3. The second kappa shape index (κ2) is 6.99. The summed E-state index contributed by atoms with van der Waals surface area (Å²) >= 11 is 0. The van der Waals surface area contributed by atoms with Crippen LogP contribution >= 0.6 is 0 Å². The normalized spacial score (nSPS) is 24.5. The number of hydrogen-bond donors (Lipinski definition) is 0. The second-order valence-electron chi connectivity index (χ2n) is 8.34. The molecule has 1 atom stereocenters. The lowest BCUT2D eigenvalue weighted by Gasteiger charge is -2.34. The molecule has 2 heterocycles. The first-order valence-electron chi connectivity index (χ1n) is 9.21. The molecular weight excluding hydrogens is 376 g/mol. The first-order chi connectivity index (χ1) is 12.8. The van der Waals surface area contributed by atoms with Crippen LogP contribution in [0.3, 0.4) is 0 Å². The highest BCUT2D eigenvalue weighted by Crippen LogP contribution is 2.44. The average molecular weight is 402 g/mol. The number of hydrogen-bond acceptors (Lipinski definition) is 5. The van der Waals surface area contributed by atoms with Crippen molar-refractivity contribution in [3.05, 3.63) is 29.3 Å². The van der Waals surface area contributed by atoms with Crippen LogP contribution in [-0.2, 0) is 29.1 Å². The largest absolute Gasteiger partial charge is 0.495 e. The lowest BCUT2D eigenvalue weighted by atomic mass is 9.74. The molecule has 0 radical (unpaired) electrons. The van der Waals surface area contributed by atoms with Crippen LogP contribution in [0.15, 0.2) is 18.2 Å². The molecule has 0 saturated carbocycles. The van der Waals surface area contributed by atoms with Gasteiger partial charge in [0.25, 0.3) is 6.48 Å². The van der Waals surface area contributed by atoms with Gasteiger partial charge in [-0.1, -0.05) is 23.8 Å². The van der Waals surface area contributed by atoms with Gasteiger partial charge in [-0.3, -0.25) is 0 Å². The van der Waals surface area contributed by atoms with Gasteiger partial charge in [-0.25, -0.2) is 0 Å². The lowest BCUT2D eigenvalue weighted by molar-refractivity contribution is -0.359. The minimum absolute atomic E-state index is 0.0746. The van der Waals surface area contributed by atoms with Crippen molar-refractivity contribution in [2.45, 2.75) is 71.0 Å². The fraction of sp³-hybridized carbons (Fsp3) is 0.684. The molecule has 28 heavy (non-hydrogen) atoms.